The van der Waals surface area contributed by atoms with Crippen molar-refractivity contribution in [2.24, 2.45) is 0 Å². The number of aromatic carboxylic acids is 1. The molecule has 0 aliphatic heterocycles. The molecule has 1 N–H and O–H groups in total. The van der Waals surface area contributed by atoms with E-state index < -0.39 is 5.97 Å². The topological polar surface area (TPSA) is 55.1 Å². The number of hydrogen-bond donors (Lipinski definition) is 1. The van der Waals surface area contributed by atoms with Gasteiger partial charge in [-0.25, -0.2) is 9.78 Å². The van der Waals surface area contributed by atoms with Crippen LogP contribution in [0.25, 0.3) is 11.0 Å². The summed E-state index contributed by atoms with van der Waals surface area (Å²) >= 11 is 0. The Kier molecular flexibility index (Phi) is 3.11. The van der Waals surface area contributed by atoms with Gasteiger partial charge in [-0.05, 0) is 38.0 Å². The normalized spacial score (nSPS) is 11.9. The Morgan fingerprint density at radius 3 is 2.61 bits per heavy atom. The number of carbonyl (C=O) groups is 1. The molecule has 0 saturated carbocycles. The van der Waals surface area contributed by atoms with Gasteiger partial charge in [-0.15, -0.1) is 0 Å². The van der Waals surface area contributed by atoms with E-state index in [1.165, 1.54) is 0 Å². The van der Waals surface area contributed by atoms with E-state index in [4.69, 9.17) is 5.11 Å². The summed E-state index contributed by atoms with van der Waals surface area (Å²) in [4.78, 5) is 15.2. The van der Waals surface area contributed by atoms with Crippen molar-refractivity contribution < 1.29 is 9.90 Å². The molecule has 0 amide bonds. The van der Waals surface area contributed by atoms with Crippen molar-refractivity contribution in [2.75, 3.05) is 0 Å². The van der Waals surface area contributed by atoms with Gasteiger partial charge in [0.2, 0.25) is 0 Å². The Hall–Kier alpha value is -1.84. The van der Waals surface area contributed by atoms with E-state index in [-0.39, 0.29) is 11.1 Å². The predicted molar refractivity (Wildman–Crippen MR) is 70.9 cm³/mol. The van der Waals surface area contributed by atoms with E-state index in [9.17, 15) is 4.79 Å². The lowest BCUT2D eigenvalue weighted by Gasteiger charge is -2.29. The first-order valence-electron chi connectivity index (χ1n) is 6.22. The highest BCUT2D eigenvalue weighted by Gasteiger charge is 2.23. The molecule has 18 heavy (non-hydrogen) atoms. The maximum Gasteiger partial charge on any atom is 0.335 e. The maximum atomic E-state index is 10.9. The first kappa shape index (κ1) is 12.6. The van der Waals surface area contributed by atoms with Crippen LogP contribution in [0.4, 0.5) is 0 Å². The first-order valence-corrected chi connectivity index (χ1v) is 6.22. The van der Waals surface area contributed by atoms with Crippen molar-refractivity contribution in [3.05, 3.63) is 30.1 Å². The van der Waals surface area contributed by atoms with Crippen LogP contribution in [0.3, 0.4) is 0 Å². The van der Waals surface area contributed by atoms with Crippen molar-refractivity contribution in [3.63, 3.8) is 0 Å². The SMILES string of the molecule is CCC(C)(CC)n1cnc2cc(C(=O)O)ccc21. The number of carboxylic acid groups (broad SMARTS) is 1. The molecule has 0 saturated heterocycles. The molecule has 0 aliphatic rings. The summed E-state index contributed by atoms with van der Waals surface area (Å²) in [5, 5.41) is 8.97. The number of carboxylic acids is 1. The number of imidazole rings is 1. The Balaban J connectivity index is 2.59. The van der Waals surface area contributed by atoms with Gasteiger partial charge in [0.05, 0.1) is 22.9 Å². The second-order valence-corrected chi connectivity index (χ2v) is 4.83. The summed E-state index contributed by atoms with van der Waals surface area (Å²) < 4.78 is 2.15. The van der Waals surface area contributed by atoms with Crippen molar-refractivity contribution in [3.8, 4) is 0 Å². The van der Waals surface area contributed by atoms with E-state index in [1.807, 2.05) is 12.4 Å². The third kappa shape index (κ3) is 1.88. The Bertz CT molecular complexity index is 582. The van der Waals surface area contributed by atoms with Gasteiger partial charge >= 0.3 is 5.97 Å². The third-order valence-corrected chi connectivity index (χ3v) is 3.90. The minimum absolute atomic E-state index is 0.0273. The summed E-state index contributed by atoms with van der Waals surface area (Å²) in [7, 11) is 0. The summed E-state index contributed by atoms with van der Waals surface area (Å²) in [6.45, 7) is 6.50. The fourth-order valence-electron chi connectivity index (χ4n) is 2.17. The highest BCUT2D eigenvalue weighted by Crippen LogP contribution is 2.28. The Morgan fingerprint density at radius 1 is 1.39 bits per heavy atom. The van der Waals surface area contributed by atoms with Gasteiger partial charge in [0.15, 0.2) is 0 Å². The summed E-state index contributed by atoms with van der Waals surface area (Å²) in [5.41, 5.74) is 2.04. The van der Waals surface area contributed by atoms with E-state index in [0.29, 0.717) is 0 Å². The number of fused-ring (bicyclic) bond motifs is 1. The molecule has 0 radical (unpaired) electrons. The van der Waals surface area contributed by atoms with E-state index in [2.05, 4.69) is 30.3 Å². The zero-order valence-corrected chi connectivity index (χ0v) is 11.0. The highest BCUT2D eigenvalue weighted by atomic mass is 16.4. The van der Waals surface area contributed by atoms with E-state index in [1.54, 1.807) is 12.1 Å². The molecule has 0 unspecified atom stereocenters. The number of nitrogens with zero attached hydrogens (tertiary/aromatic N) is 2. The van der Waals surface area contributed by atoms with Crippen molar-refractivity contribution in [1.29, 1.82) is 0 Å². The van der Waals surface area contributed by atoms with Gasteiger partial charge in [-0.2, -0.15) is 0 Å². The van der Waals surface area contributed by atoms with Crippen LogP contribution < -0.4 is 0 Å². The lowest BCUT2D eigenvalue weighted by atomic mass is 9.95. The fourth-order valence-corrected chi connectivity index (χ4v) is 2.17. The number of benzene rings is 1. The van der Waals surface area contributed by atoms with Gasteiger partial charge < -0.3 is 9.67 Å². The molecule has 0 fully saturated rings. The zero-order chi connectivity index (χ0) is 13.3. The average molecular weight is 246 g/mol. The van der Waals surface area contributed by atoms with Crippen LogP contribution in [-0.4, -0.2) is 20.6 Å². The standard InChI is InChI=1S/C14H18N2O2/c1-4-14(3,5-2)16-9-15-11-8-10(13(17)18)6-7-12(11)16/h6-9H,4-5H2,1-3H3,(H,17,18). The van der Waals surface area contributed by atoms with E-state index >= 15 is 0 Å². The number of rotatable bonds is 4. The van der Waals surface area contributed by atoms with Gasteiger partial charge in [0.1, 0.15) is 0 Å². The van der Waals surface area contributed by atoms with Crippen molar-refractivity contribution in [2.45, 2.75) is 39.2 Å². The lowest BCUT2D eigenvalue weighted by Crippen LogP contribution is -2.27. The smallest absolute Gasteiger partial charge is 0.335 e. The monoisotopic (exact) mass is 246 g/mol. The molecule has 0 bridgehead atoms. The molecule has 2 aromatic rings. The molecule has 2 rings (SSSR count). The van der Waals surface area contributed by atoms with Gasteiger partial charge in [0.25, 0.3) is 0 Å². The molecular formula is C14H18N2O2. The second kappa shape index (κ2) is 4.44. The highest BCUT2D eigenvalue weighted by molar-refractivity contribution is 5.92. The van der Waals surface area contributed by atoms with Gasteiger partial charge in [-0.3, -0.25) is 0 Å². The molecule has 1 aromatic carbocycles. The van der Waals surface area contributed by atoms with Crippen LogP contribution in [0.15, 0.2) is 24.5 Å². The van der Waals surface area contributed by atoms with Crippen LogP contribution in [0.1, 0.15) is 44.0 Å². The second-order valence-electron chi connectivity index (χ2n) is 4.83. The molecule has 96 valence electrons. The average Bonchev–Trinajstić information content (AvgIpc) is 2.81. The number of hydrogen-bond acceptors (Lipinski definition) is 2. The molecule has 1 heterocycles. The molecule has 4 nitrogen and oxygen atoms in total. The van der Waals surface area contributed by atoms with Gasteiger partial charge in [-0.1, -0.05) is 13.8 Å². The quantitative estimate of drug-likeness (QED) is 0.900. The van der Waals surface area contributed by atoms with Crippen molar-refractivity contribution >= 4 is 17.0 Å². The Morgan fingerprint density at radius 2 is 2.06 bits per heavy atom. The molecule has 4 heteroatoms. The molecule has 0 aliphatic carbocycles. The molecular weight excluding hydrogens is 228 g/mol. The van der Waals surface area contributed by atoms with Crippen LogP contribution in [0, 0.1) is 0 Å². The van der Waals surface area contributed by atoms with Crippen LogP contribution in [0.5, 0.6) is 0 Å². The molecule has 0 spiro atoms. The van der Waals surface area contributed by atoms with Crippen LogP contribution >= 0.6 is 0 Å². The van der Waals surface area contributed by atoms with E-state index in [0.717, 1.165) is 23.9 Å². The fraction of sp³-hybridized carbons (Fsp3) is 0.429. The van der Waals surface area contributed by atoms with Crippen LogP contribution in [-0.2, 0) is 5.54 Å². The Labute approximate surface area is 106 Å². The summed E-state index contributed by atoms with van der Waals surface area (Å²) in [6.07, 6.45) is 3.83. The first-order chi connectivity index (χ1) is 8.51. The minimum Gasteiger partial charge on any atom is -0.478 e. The largest absolute Gasteiger partial charge is 0.478 e. The maximum absolute atomic E-state index is 10.9. The van der Waals surface area contributed by atoms with Gasteiger partial charge in [0, 0.05) is 5.54 Å². The molecule has 1 aromatic heterocycles. The summed E-state index contributed by atoms with van der Waals surface area (Å²) in [6, 6.07) is 5.10. The lowest BCUT2D eigenvalue weighted by molar-refractivity contribution is 0.0697. The summed E-state index contributed by atoms with van der Waals surface area (Å²) in [5.74, 6) is -0.916. The molecule has 0 atom stereocenters. The number of aromatic nitrogens is 2. The zero-order valence-electron chi connectivity index (χ0n) is 11.0. The third-order valence-electron chi connectivity index (χ3n) is 3.90. The van der Waals surface area contributed by atoms with Crippen molar-refractivity contribution in [1.82, 2.24) is 9.55 Å². The van der Waals surface area contributed by atoms with Crippen LogP contribution in [0.2, 0.25) is 0 Å². The minimum atomic E-state index is -0.916. The predicted octanol–water partition coefficient (Wildman–Crippen LogP) is 3.27.